The van der Waals surface area contributed by atoms with Crippen molar-refractivity contribution in [1.82, 2.24) is 4.98 Å². The lowest BCUT2D eigenvalue weighted by Gasteiger charge is -2.04. The van der Waals surface area contributed by atoms with Crippen molar-refractivity contribution in [1.29, 1.82) is 0 Å². The Morgan fingerprint density at radius 1 is 1.75 bits per heavy atom. The van der Waals surface area contributed by atoms with Crippen LogP contribution < -0.4 is 11.1 Å². The van der Waals surface area contributed by atoms with E-state index < -0.39 is 0 Å². The Hall–Kier alpha value is -1.03. The van der Waals surface area contributed by atoms with Gasteiger partial charge in [0.1, 0.15) is 5.82 Å². The Bertz CT molecular complexity index is 286. The van der Waals surface area contributed by atoms with Crippen LogP contribution in [-0.4, -0.2) is 11.5 Å². The summed E-state index contributed by atoms with van der Waals surface area (Å²) in [5.74, 6) is 0.782. The molecule has 1 aromatic heterocycles. The summed E-state index contributed by atoms with van der Waals surface area (Å²) >= 11 is 3.34. The van der Waals surface area contributed by atoms with Gasteiger partial charge in [0.2, 0.25) is 0 Å². The minimum absolute atomic E-state index is 0.644. The first kappa shape index (κ1) is 9.06. The average molecular weight is 228 g/mol. The van der Waals surface area contributed by atoms with Gasteiger partial charge in [0, 0.05) is 6.54 Å². The molecular formula is C8H10BrN3. The molecule has 0 aliphatic carbocycles. The molecule has 0 aliphatic rings. The van der Waals surface area contributed by atoms with Crippen molar-refractivity contribution in [2.24, 2.45) is 0 Å². The molecule has 1 rings (SSSR count). The van der Waals surface area contributed by atoms with E-state index in [0.29, 0.717) is 12.2 Å². The number of nitrogens with zero attached hydrogens (tertiary/aromatic N) is 1. The summed E-state index contributed by atoms with van der Waals surface area (Å²) in [5, 5.41) is 3.06. The molecule has 1 heterocycles. The van der Waals surface area contributed by atoms with Gasteiger partial charge < -0.3 is 11.1 Å². The van der Waals surface area contributed by atoms with E-state index in [4.69, 9.17) is 5.73 Å². The van der Waals surface area contributed by atoms with Gasteiger partial charge in [0.15, 0.2) is 0 Å². The van der Waals surface area contributed by atoms with Crippen molar-refractivity contribution in [3.05, 3.63) is 29.4 Å². The largest absolute Gasteiger partial charge is 0.397 e. The Kier molecular flexibility index (Phi) is 3.10. The normalized spacial score (nSPS) is 9.42. The molecule has 0 saturated heterocycles. The van der Waals surface area contributed by atoms with E-state index in [2.05, 4.69) is 32.8 Å². The Labute approximate surface area is 79.8 Å². The van der Waals surface area contributed by atoms with E-state index in [9.17, 15) is 0 Å². The van der Waals surface area contributed by atoms with E-state index in [1.807, 2.05) is 0 Å². The fourth-order valence-electron chi connectivity index (χ4n) is 0.752. The molecule has 0 unspecified atom stereocenters. The van der Waals surface area contributed by atoms with Gasteiger partial charge in [0.05, 0.1) is 16.4 Å². The standard InChI is InChI=1S/C8H10BrN3/c1-2-3-11-8-7(9)4-6(10)5-12-8/h2,4-5H,1,3,10H2,(H,11,12). The topological polar surface area (TPSA) is 50.9 Å². The van der Waals surface area contributed by atoms with Crippen molar-refractivity contribution in [2.75, 3.05) is 17.6 Å². The second kappa shape index (κ2) is 4.11. The Morgan fingerprint density at radius 3 is 3.08 bits per heavy atom. The summed E-state index contributed by atoms with van der Waals surface area (Å²) in [5.41, 5.74) is 6.16. The van der Waals surface area contributed by atoms with Gasteiger partial charge >= 0.3 is 0 Å². The van der Waals surface area contributed by atoms with Crippen LogP contribution in [0.2, 0.25) is 0 Å². The molecule has 12 heavy (non-hydrogen) atoms. The molecule has 4 heteroatoms. The highest BCUT2D eigenvalue weighted by atomic mass is 79.9. The van der Waals surface area contributed by atoms with Gasteiger partial charge in [-0.1, -0.05) is 6.08 Å². The second-order valence-electron chi connectivity index (χ2n) is 2.27. The third kappa shape index (κ3) is 2.23. The highest BCUT2D eigenvalue weighted by molar-refractivity contribution is 9.10. The van der Waals surface area contributed by atoms with E-state index >= 15 is 0 Å². The smallest absolute Gasteiger partial charge is 0.140 e. The molecule has 3 nitrogen and oxygen atoms in total. The molecule has 0 spiro atoms. The zero-order valence-corrected chi connectivity index (χ0v) is 8.13. The first-order chi connectivity index (χ1) is 5.74. The summed E-state index contributed by atoms with van der Waals surface area (Å²) < 4.78 is 0.865. The van der Waals surface area contributed by atoms with E-state index in [1.54, 1.807) is 18.3 Å². The number of nitrogens with two attached hydrogens (primary N) is 1. The second-order valence-corrected chi connectivity index (χ2v) is 3.12. The zero-order valence-electron chi connectivity index (χ0n) is 6.55. The summed E-state index contributed by atoms with van der Waals surface area (Å²) in [6.45, 7) is 4.28. The minimum atomic E-state index is 0.644. The van der Waals surface area contributed by atoms with Crippen molar-refractivity contribution in [2.45, 2.75) is 0 Å². The van der Waals surface area contributed by atoms with Crippen LogP contribution in [-0.2, 0) is 0 Å². The first-order valence-electron chi connectivity index (χ1n) is 3.50. The maximum atomic E-state index is 5.52. The number of hydrogen-bond donors (Lipinski definition) is 2. The molecule has 0 radical (unpaired) electrons. The molecule has 64 valence electrons. The molecule has 0 aliphatic heterocycles. The highest BCUT2D eigenvalue weighted by Gasteiger charge is 1.98. The number of nitrogen functional groups attached to an aromatic ring is 1. The lowest BCUT2D eigenvalue weighted by Crippen LogP contribution is -2.01. The number of hydrogen-bond acceptors (Lipinski definition) is 3. The van der Waals surface area contributed by atoms with Crippen LogP contribution in [0.25, 0.3) is 0 Å². The number of pyridine rings is 1. The number of aromatic nitrogens is 1. The van der Waals surface area contributed by atoms with E-state index in [-0.39, 0.29) is 0 Å². The Morgan fingerprint density at radius 2 is 2.50 bits per heavy atom. The van der Waals surface area contributed by atoms with Gasteiger partial charge in [0.25, 0.3) is 0 Å². The van der Waals surface area contributed by atoms with Crippen LogP contribution in [0.5, 0.6) is 0 Å². The summed E-state index contributed by atoms with van der Waals surface area (Å²) in [7, 11) is 0. The summed E-state index contributed by atoms with van der Waals surface area (Å²) in [6, 6.07) is 1.80. The zero-order chi connectivity index (χ0) is 8.97. The van der Waals surface area contributed by atoms with Crippen LogP contribution in [0.3, 0.4) is 0 Å². The molecule has 3 N–H and O–H groups in total. The van der Waals surface area contributed by atoms with E-state index in [1.165, 1.54) is 0 Å². The van der Waals surface area contributed by atoms with E-state index in [0.717, 1.165) is 10.3 Å². The summed E-state index contributed by atoms with van der Waals surface area (Å²) in [4.78, 5) is 4.08. The monoisotopic (exact) mass is 227 g/mol. The van der Waals surface area contributed by atoms with Crippen molar-refractivity contribution in [3.63, 3.8) is 0 Å². The van der Waals surface area contributed by atoms with Gasteiger partial charge in [-0.15, -0.1) is 6.58 Å². The maximum Gasteiger partial charge on any atom is 0.140 e. The number of nitrogens with one attached hydrogen (secondary N) is 1. The third-order valence-electron chi connectivity index (χ3n) is 1.28. The molecule has 0 aromatic carbocycles. The van der Waals surface area contributed by atoms with Crippen LogP contribution >= 0.6 is 15.9 Å². The lowest BCUT2D eigenvalue weighted by molar-refractivity contribution is 1.22. The molecule has 0 atom stereocenters. The molecule has 0 bridgehead atoms. The van der Waals surface area contributed by atoms with Crippen molar-refractivity contribution in [3.8, 4) is 0 Å². The first-order valence-corrected chi connectivity index (χ1v) is 4.29. The maximum absolute atomic E-state index is 5.52. The quantitative estimate of drug-likeness (QED) is 0.778. The van der Waals surface area contributed by atoms with Gasteiger partial charge in [-0.05, 0) is 22.0 Å². The number of anilines is 2. The predicted octanol–water partition coefficient (Wildman–Crippen LogP) is 2.02. The van der Waals surface area contributed by atoms with Gasteiger partial charge in [-0.3, -0.25) is 0 Å². The van der Waals surface area contributed by atoms with Crippen LogP contribution in [0, 0.1) is 0 Å². The number of halogens is 1. The molecule has 0 fully saturated rings. The fraction of sp³-hybridized carbons (Fsp3) is 0.125. The third-order valence-corrected chi connectivity index (χ3v) is 1.88. The Balaban J connectivity index is 2.78. The molecular weight excluding hydrogens is 218 g/mol. The highest BCUT2D eigenvalue weighted by Crippen LogP contribution is 2.21. The van der Waals surface area contributed by atoms with Crippen LogP contribution in [0.4, 0.5) is 11.5 Å². The average Bonchev–Trinajstić information content (AvgIpc) is 2.03. The molecule has 0 amide bonds. The predicted molar refractivity (Wildman–Crippen MR) is 55.0 cm³/mol. The lowest BCUT2D eigenvalue weighted by atomic mass is 10.4. The van der Waals surface area contributed by atoms with Crippen LogP contribution in [0.1, 0.15) is 0 Å². The fourth-order valence-corrected chi connectivity index (χ4v) is 1.26. The molecule has 0 saturated carbocycles. The van der Waals surface area contributed by atoms with Crippen molar-refractivity contribution >= 4 is 27.4 Å². The SMILES string of the molecule is C=CCNc1ncc(N)cc1Br. The van der Waals surface area contributed by atoms with Gasteiger partial charge in [-0.25, -0.2) is 4.98 Å². The minimum Gasteiger partial charge on any atom is -0.397 e. The number of rotatable bonds is 3. The summed E-state index contributed by atoms with van der Waals surface area (Å²) in [6.07, 6.45) is 3.38. The van der Waals surface area contributed by atoms with Gasteiger partial charge in [-0.2, -0.15) is 0 Å². The van der Waals surface area contributed by atoms with Crippen LogP contribution in [0.15, 0.2) is 29.4 Å². The van der Waals surface area contributed by atoms with Crippen molar-refractivity contribution < 1.29 is 0 Å². The molecule has 1 aromatic rings.